The standard InChI is InChI=1S/C20H25F2N3O5S/c1-25(2)31(29,30)17-5-3-4-13(8-17)11-23-12-19(26)18(24-20(27)28)9-14-6-15(21)10-16(22)7-14/h3-8,10,18-19,23-24,26H,9,11-12H2,1-2H3,(H,27,28)/t18-,19-/m0/s1. The van der Waals surface area contributed by atoms with Gasteiger partial charge in [0, 0.05) is 33.3 Å². The minimum Gasteiger partial charge on any atom is -0.465 e. The molecule has 0 radical (unpaired) electrons. The Hall–Kier alpha value is -2.60. The number of sulfonamides is 1. The minimum absolute atomic E-state index is 0.0482. The predicted molar refractivity (Wildman–Crippen MR) is 110 cm³/mol. The average Bonchev–Trinajstić information content (AvgIpc) is 2.66. The highest BCUT2D eigenvalue weighted by Crippen LogP contribution is 2.15. The number of hydrogen-bond donors (Lipinski definition) is 4. The van der Waals surface area contributed by atoms with Crippen LogP contribution < -0.4 is 10.6 Å². The molecule has 0 heterocycles. The molecular weight excluding hydrogens is 432 g/mol. The second kappa shape index (κ2) is 10.6. The number of aliphatic hydroxyl groups is 1. The summed E-state index contributed by atoms with van der Waals surface area (Å²) in [5.41, 5.74) is 0.835. The summed E-state index contributed by atoms with van der Waals surface area (Å²) < 4.78 is 52.4. The van der Waals surface area contributed by atoms with E-state index in [1.165, 1.54) is 26.2 Å². The molecule has 0 aromatic heterocycles. The molecule has 170 valence electrons. The van der Waals surface area contributed by atoms with Gasteiger partial charge in [0.2, 0.25) is 10.0 Å². The largest absolute Gasteiger partial charge is 0.465 e. The normalized spacial score (nSPS) is 13.7. The predicted octanol–water partition coefficient (Wildman–Crippen LogP) is 1.54. The fourth-order valence-corrected chi connectivity index (χ4v) is 3.93. The number of aliphatic hydroxyl groups excluding tert-OH is 1. The molecule has 0 saturated carbocycles. The minimum atomic E-state index is -3.59. The molecule has 0 spiro atoms. The third-order valence-electron chi connectivity index (χ3n) is 4.51. The van der Waals surface area contributed by atoms with Crippen molar-refractivity contribution in [3.8, 4) is 0 Å². The average molecular weight is 457 g/mol. The number of amides is 1. The van der Waals surface area contributed by atoms with Gasteiger partial charge in [-0.1, -0.05) is 12.1 Å². The SMILES string of the molecule is CN(C)S(=O)(=O)c1cccc(CNC[C@H](O)[C@H](Cc2cc(F)cc(F)c2)NC(=O)O)c1. The highest BCUT2D eigenvalue weighted by atomic mass is 32.2. The molecule has 8 nitrogen and oxygen atoms in total. The summed E-state index contributed by atoms with van der Waals surface area (Å²) in [6.07, 6.45) is -2.72. The Bertz CT molecular complexity index is 997. The van der Waals surface area contributed by atoms with E-state index in [1.54, 1.807) is 12.1 Å². The van der Waals surface area contributed by atoms with Gasteiger partial charge in [0.1, 0.15) is 11.6 Å². The van der Waals surface area contributed by atoms with Crippen molar-refractivity contribution in [2.45, 2.75) is 30.0 Å². The maximum atomic E-state index is 13.4. The van der Waals surface area contributed by atoms with Crippen LogP contribution in [0.4, 0.5) is 13.6 Å². The van der Waals surface area contributed by atoms with Gasteiger partial charge in [-0.2, -0.15) is 0 Å². The zero-order valence-corrected chi connectivity index (χ0v) is 17.9. The molecular formula is C20H25F2N3O5S. The van der Waals surface area contributed by atoms with Gasteiger partial charge in [-0.05, 0) is 41.8 Å². The molecule has 2 rings (SSSR count). The van der Waals surface area contributed by atoms with E-state index in [4.69, 9.17) is 5.11 Å². The molecule has 0 fully saturated rings. The molecule has 1 amide bonds. The zero-order valence-electron chi connectivity index (χ0n) is 17.0. The van der Waals surface area contributed by atoms with Gasteiger partial charge in [-0.25, -0.2) is 26.3 Å². The Kier molecular flexibility index (Phi) is 8.45. The monoisotopic (exact) mass is 457 g/mol. The molecule has 2 aromatic rings. The van der Waals surface area contributed by atoms with Crippen LogP contribution in [0.25, 0.3) is 0 Å². The van der Waals surface area contributed by atoms with Gasteiger partial charge < -0.3 is 20.8 Å². The summed E-state index contributed by atoms with van der Waals surface area (Å²) in [5.74, 6) is -1.60. The van der Waals surface area contributed by atoms with Crippen molar-refractivity contribution < 1.29 is 32.2 Å². The number of nitrogens with one attached hydrogen (secondary N) is 2. The fraction of sp³-hybridized carbons (Fsp3) is 0.350. The maximum absolute atomic E-state index is 13.4. The number of nitrogens with zero attached hydrogens (tertiary/aromatic N) is 1. The van der Waals surface area contributed by atoms with Crippen LogP contribution in [0.15, 0.2) is 47.4 Å². The summed E-state index contributed by atoms with van der Waals surface area (Å²) in [6, 6.07) is 8.08. The van der Waals surface area contributed by atoms with Crippen molar-refractivity contribution >= 4 is 16.1 Å². The van der Waals surface area contributed by atoms with Gasteiger partial charge in [0.25, 0.3) is 0 Å². The van der Waals surface area contributed by atoms with Crippen LogP contribution in [0.2, 0.25) is 0 Å². The van der Waals surface area contributed by atoms with E-state index < -0.39 is 39.9 Å². The van der Waals surface area contributed by atoms with E-state index in [-0.39, 0.29) is 30.0 Å². The lowest BCUT2D eigenvalue weighted by molar-refractivity contribution is 0.117. The Morgan fingerprint density at radius 2 is 1.74 bits per heavy atom. The summed E-state index contributed by atoms with van der Waals surface area (Å²) in [7, 11) is -0.735. The number of hydrogen-bond acceptors (Lipinski definition) is 5. The summed E-state index contributed by atoms with van der Waals surface area (Å²) >= 11 is 0. The molecule has 2 atom stereocenters. The Morgan fingerprint density at radius 3 is 2.32 bits per heavy atom. The highest BCUT2D eigenvalue weighted by molar-refractivity contribution is 7.89. The van der Waals surface area contributed by atoms with Gasteiger partial charge in [0.15, 0.2) is 0 Å². The van der Waals surface area contributed by atoms with E-state index in [9.17, 15) is 27.1 Å². The van der Waals surface area contributed by atoms with Crippen molar-refractivity contribution in [3.63, 3.8) is 0 Å². The quantitative estimate of drug-likeness (QED) is 0.430. The first-order chi connectivity index (χ1) is 14.5. The molecule has 4 N–H and O–H groups in total. The van der Waals surface area contributed by atoms with Gasteiger partial charge in [0.05, 0.1) is 17.0 Å². The molecule has 0 aliphatic carbocycles. The van der Waals surface area contributed by atoms with Crippen LogP contribution >= 0.6 is 0 Å². The van der Waals surface area contributed by atoms with Crippen molar-refractivity contribution in [1.82, 2.24) is 14.9 Å². The van der Waals surface area contributed by atoms with Crippen molar-refractivity contribution in [2.24, 2.45) is 0 Å². The van der Waals surface area contributed by atoms with Gasteiger partial charge >= 0.3 is 6.09 Å². The van der Waals surface area contributed by atoms with Crippen molar-refractivity contribution in [2.75, 3.05) is 20.6 Å². The molecule has 0 aliphatic rings. The van der Waals surface area contributed by atoms with Gasteiger partial charge in [-0.3, -0.25) is 0 Å². The molecule has 0 aliphatic heterocycles. The second-order valence-electron chi connectivity index (χ2n) is 7.17. The van der Waals surface area contributed by atoms with Crippen LogP contribution in [-0.2, 0) is 23.0 Å². The van der Waals surface area contributed by atoms with Crippen LogP contribution in [0, 0.1) is 11.6 Å². The molecule has 2 aromatic carbocycles. The Morgan fingerprint density at radius 1 is 1.10 bits per heavy atom. The van der Waals surface area contributed by atoms with E-state index in [1.807, 2.05) is 0 Å². The molecule has 0 unspecified atom stereocenters. The first-order valence-corrected chi connectivity index (χ1v) is 10.8. The second-order valence-corrected chi connectivity index (χ2v) is 9.32. The Labute approximate surface area is 179 Å². The summed E-state index contributed by atoms with van der Waals surface area (Å²) in [6.45, 7) is 0.162. The zero-order chi connectivity index (χ0) is 23.2. The number of halogens is 2. The first-order valence-electron chi connectivity index (χ1n) is 9.33. The van der Waals surface area contributed by atoms with E-state index in [2.05, 4.69) is 10.6 Å². The lowest BCUT2D eigenvalue weighted by Crippen LogP contribution is -2.48. The first kappa shape index (κ1) is 24.7. The number of benzene rings is 2. The van der Waals surface area contributed by atoms with E-state index >= 15 is 0 Å². The Balaban J connectivity index is 2.03. The topological polar surface area (TPSA) is 119 Å². The maximum Gasteiger partial charge on any atom is 0.404 e. The summed E-state index contributed by atoms with van der Waals surface area (Å²) in [4.78, 5) is 11.2. The number of carboxylic acid groups (broad SMARTS) is 1. The van der Waals surface area contributed by atoms with E-state index in [0.717, 1.165) is 16.4 Å². The van der Waals surface area contributed by atoms with Crippen LogP contribution in [0.3, 0.4) is 0 Å². The fourth-order valence-electron chi connectivity index (χ4n) is 2.96. The summed E-state index contributed by atoms with van der Waals surface area (Å²) in [5, 5.41) is 24.5. The van der Waals surface area contributed by atoms with Crippen molar-refractivity contribution in [1.29, 1.82) is 0 Å². The third-order valence-corrected chi connectivity index (χ3v) is 6.32. The molecule has 11 heteroatoms. The lowest BCUT2D eigenvalue weighted by atomic mass is 10.0. The van der Waals surface area contributed by atoms with Crippen molar-refractivity contribution in [3.05, 3.63) is 65.2 Å². The van der Waals surface area contributed by atoms with Crippen LogP contribution in [0.1, 0.15) is 11.1 Å². The molecule has 0 bridgehead atoms. The third kappa shape index (κ3) is 7.24. The number of rotatable bonds is 10. The van der Waals surface area contributed by atoms with Crippen LogP contribution in [-0.4, -0.2) is 61.8 Å². The van der Waals surface area contributed by atoms with E-state index in [0.29, 0.717) is 11.6 Å². The van der Waals surface area contributed by atoms with Crippen LogP contribution in [0.5, 0.6) is 0 Å². The highest BCUT2D eigenvalue weighted by Gasteiger charge is 2.22. The number of carbonyl (C=O) groups is 1. The smallest absolute Gasteiger partial charge is 0.404 e. The molecule has 31 heavy (non-hydrogen) atoms. The van der Waals surface area contributed by atoms with Gasteiger partial charge in [-0.15, -0.1) is 0 Å². The lowest BCUT2D eigenvalue weighted by Gasteiger charge is -2.23. The molecule has 0 saturated heterocycles.